The smallest absolute Gasteiger partial charge is 0.303 e. The van der Waals surface area contributed by atoms with Crippen LogP contribution in [-0.2, 0) is 23.9 Å². The number of ether oxygens (including phenoxy) is 2. The highest BCUT2D eigenvalue weighted by atomic mass is 19.1. The van der Waals surface area contributed by atoms with Crippen molar-refractivity contribution >= 4 is 23.2 Å². The fourth-order valence-electron chi connectivity index (χ4n) is 8.91. The molecule has 1 heterocycles. The highest BCUT2D eigenvalue weighted by Crippen LogP contribution is 2.69. The SMILES string of the molecule is CC(=O)OCC(=O)[C@@]1(C#CCO)CC[C@H]2[C@@H]3CC(F)C4=CC(=O)CCC4=C3[C@@H](c3ccc(N4CCOCC4)cc3)C[C@@]21C. The summed E-state index contributed by atoms with van der Waals surface area (Å²) in [7, 11) is 0. The van der Waals surface area contributed by atoms with E-state index in [9.17, 15) is 19.5 Å². The number of aliphatic hydroxyl groups is 1. The van der Waals surface area contributed by atoms with E-state index >= 15 is 4.39 Å². The number of carbonyl (C=O) groups is 3. The van der Waals surface area contributed by atoms with Crippen molar-refractivity contribution < 1.29 is 33.4 Å². The van der Waals surface area contributed by atoms with Gasteiger partial charge in [-0.25, -0.2) is 4.39 Å². The Labute approximate surface area is 252 Å². The standard InChI is InChI=1S/C35H40FNO6/c1-22(39)43-21-32(41)35(11-3-15-38)12-10-30-28-19-31(36)27-18-25(40)8-9-26(27)33(28)29(20-34(30,35)2)23-4-6-24(7-5-23)37-13-16-42-17-14-37/h4-7,18,28-31,38H,8-10,12-17,19-21H2,1-2H3/t28-,29+,30-,31?,34-,35+/m0/s1. The molecular weight excluding hydrogens is 549 g/mol. The van der Waals surface area contributed by atoms with E-state index in [1.807, 2.05) is 0 Å². The molecule has 1 aliphatic heterocycles. The van der Waals surface area contributed by atoms with Crippen molar-refractivity contribution in [2.24, 2.45) is 22.7 Å². The highest BCUT2D eigenvalue weighted by molar-refractivity contribution is 5.93. The minimum atomic E-state index is -1.24. The Morgan fingerprint density at radius 1 is 1.19 bits per heavy atom. The maximum atomic E-state index is 15.9. The molecule has 0 aromatic heterocycles. The van der Waals surface area contributed by atoms with Crippen molar-refractivity contribution in [3.05, 3.63) is 52.6 Å². The molecule has 228 valence electrons. The lowest BCUT2D eigenvalue weighted by Gasteiger charge is -2.55. The van der Waals surface area contributed by atoms with E-state index in [1.165, 1.54) is 18.6 Å². The zero-order chi connectivity index (χ0) is 30.4. The molecule has 1 saturated heterocycles. The van der Waals surface area contributed by atoms with Gasteiger partial charge in [-0.05, 0) is 84.3 Å². The summed E-state index contributed by atoms with van der Waals surface area (Å²) in [6.45, 7) is 5.66. The summed E-state index contributed by atoms with van der Waals surface area (Å²) in [6.07, 6.45) is 3.19. The number of halogens is 1. The molecule has 6 atom stereocenters. The quantitative estimate of drug-likeness (QED) is 0.400. The molecule has 1 N–H and O–H groups in total. The minimum Gasteiger partial charge on any atom is -0.458 e. The van der Waals surface area contributed by atoms with Gasteiger partial charge in [-0.2, -0.15) is 0 Å². The molecule has 4 aliphatic carbocycles. The molecule has 0 radical (unpaired) electrons. The van der Waals surface area contributed by atoms with Crippen molar-refractivity contribution in [3.8, 4) is 11.8 Å². The topological polar surface area (TPSA) is 93.1 Å². The Morgan fingerprint density at radius 2 is 1.93 bits per heavy atom. The van der Waals surface area contributed by atoms with E-state index < -0.39 is 23.0 Å². The van der Waals surface area contributed by atoms with Crippen LogP contribution in [0.1, 0.15) is 63.9 Å². The molecule has 1 aromatic rings. The van der Waals surface area contributed by atoms with Crippen molar-refractivity contribution in [1.29, 1.82) is 0 Å². The van der Waals surface area contributed by atoms with Gasteiger partial charge in [0.05, 0.1) is 18.6 Å². The number of Topliss-reactive ketones (excluding diaryl/α,β-unsaturated/α-hetero) is 1. The van der Waals surface area contributed by atoms with E-state index in [0.717, 1.165) is 29.9 Å². The molecule has 7 nitrogen and oxygen atoms in total. The molecule has 0 amide bonds. The Kier molecular flexibility index (Phi) is 8.08. The summed E-state index contributed by atoms with van der Waals surface area (Å²) in [5.74, 6) is 4.90. The van der Waals surface area contributed by atoms with Gasteiger partial charge in [0.2, 0.25) is 0 Å². The molecule has 8 heteroatoms. The second kappa shape index (κ2) is 11.7. The lowest BCUT2D eigenvalue weighted by Crippen LogP contribution is -2.52. The number of aliphatic hydroxyl groups excluding tert-OH is 1. The molecule has 43 heavy (non-hydrogen) atoms. The third kappa shape index (κ3) is 5.05. The molecule has 5 aliphatic rings. The maximum absolute atomic E-state index is 15.9. The molecule has 2 saturated carbocycles. The summed E-state index contributed by atoms with van der Waals surface area (Å²) in [5.41, 5.74) is 3.17. The average Bonchev–Trinajstić information content (AvgIpc) is 3.32. The molecular formula is C35H40FNO6. The van der Waals surface area contributed by atoms with Gasteiger partial charge in [-0.1, -0.05) is 36.5 Å². The van der Waals surface area contributed by atoms with Crippen LogP contribution in [0.2, 0.25) is 0 Å². The number of alkyl halides is 1. The van der Waals surface area contributed by atoms with Crippen LogP contribution in [0.25, 0.3) is 0 Å². The van der Waals surface area contributed by atoms with E-state index in [-0.39, 0.29) is 49.0 Å². The van der Waals surface area contributed by atoms with Crippen molar-refractivity contribution in [3.63, 3.8) is 0 Å². The Bertz CT molecular complexity index is 1430. The first-order chi connectivity index (χ1) is 20.7. The Morgan fingerprint density at radius 3 is 2.63 bits per heavy atom. The molecule has 1 aromatic carbocycles. The number of anilines is 1. The van der Waals surface area contributed by atoms with Crippen LogP contribution >= 0.6 is 0 Å². The summed E-state index contributed by atoms with van der Waals surface area (Å²) in [4.78, 5) is 40.3. The number of hydrogen-bond donors (Lipinski definition) is 1. The summed E-state index contributed by atoms with van der Waals surface area (Å²) in [6, 6.07) is 8.58. The molecule has 0 bridgehead atoms. The van der Waals surface area contributed by atoms with Crippen molar-refractivity contribution in [2.45, 2.75) is 64.5 Å². The van der Waals surface area contributed by atoms with E-state index in [4.69, 9.17) is 9.47 Å². The molecule has 0 spiro atoms. The van der Waals surface area contributed by atoms with Gasteiger partial charge in [-0.15, -0.1) is 0 Å². The van der Waals surface area contributed by atoms with Gasteiger partial charge < -0.3 is 19.5 Å². The number of carbonyl (C=O) groups excluding carboxylic acids is 3. The number of hydrogen-bond acceptors (Lipinski definition) is 7. The van der Waals surface area contributed by atoms with Crippen LogP contribution in [0.5, 0.6) is 0 Å². The number of esters is 1. The molecule has 6 rings (SSSR count). The number of allylic oxidation sites excluding steroid dienone is 4. The zero-order valence-corrected chi connectivity index (χ0v) is 25.0. The summed E-state index contributed by atoms with van der Waals surface area (Å²) in [5, 5.41) is 9.68. The lowest BCUT2D eigenvalue weighted by molar-refractivity contribution is -0.150. The fraction of sp³-hybridized carbons (Fsp3) is 0.571. The number of fused-ring (bicyclic) bond motifs is 4. The average molecular weight is 590 g/mol. The summed E-state index contributed by atoms with van der Waals surface area (Å²) >= 11 is 0. The van der Waals surface area contributed by atoms with Crippen LogP contribution in [0.3, 0.4) is 0 Å². The predicted octanol–water partition coefficient (Wildman–Crippen LogP) is 4.49. The largest absolute Gasteiger partial charge is 0.458 e. The van der Waals surface area contributed by atoms with Crippen LogP contribution < -0.4 is 4.90 Å². The molecule has 3 fully saturated rings. The Balaban J connectivity index is 1.47. The van der Waals surface area contributed by atoms with Gasteiger partial charge in [0.25, 0.3) is 0 Å². The number of benzene rings is 1. The second-order valence-corrected chi connectivity index (χ2v) is 12.9. The second-order valence-electron chi connectivity index (χ2n) is 12.9. The fourth-order valence-corrected chi connectivity index (χ4v) is 8.91. The van der Waals surface area contributed by atoms with Crippen LogP contribution in [-0.4, -0.2) is 68.3 Å². The zero-order valence-electron chi connectivity index (χ0n) is 25.0. The first-order valence-electron chi connectivity index (χ1n) is 15.5. The van der Waals surface area contributed by atoms with Crippen molar-refractivity contribution in [2.75, 3.05) is 44.4 Å². The number of ketones is 2. The van der Waals surface area contributed by atoms with E-state index in [1.54, 1.807) is 0 Å². The van der Waals surface area contributed by atoms with E-state index in [2.05, 4.69) is 47.9 Å². The first-order valence-corrected chi connectivity index (χ1v) is 15.5. The first kappa shape index (κ1) is 29.8. The molecule has 1 unspecified atom stereocenters. The van der Waals surface area contributed by atoms with Crippen LogP contribution in [0.4, 0.5) is 10.1 Å². The third-order valence-electron chi connectivity index (χ3n) is 10.9. The minimum absolute atomic E-state index is 0.0226. The highest BCUT2D eigenvalue weighted by Gasteiger charge is 2.66. The van der Waals surface area contributed by atoms with Gasteiger partial charge in [0.15, 0.2) is 18.2 Å². The Hall–Kier alpha value is -3.28. The van der Waals surface area contributed by atoms with Gasteiger partial charge in [0, 0.05) is 38.0 Å². The number of nitrogens with zero attached hydrogens (tertiary/aromatic N) is 1. The van der Waals surface area contributed by atoms with Gasteiger partial charge in [-0.3, -0.25) is 14.4 Å². The number of morpholine rings is 1. The van der Waals surface area contributed by atoms with Gasteiger partial charge in [0.1, 0.15) is 12.8 Å². The lowest BCUT2D eigenvalue weighted by atomic mass is 9.48. The third-order valence-corrected chi connectivity index (χ3v) is 10.9. The van der Waals surface area contributed by atoms with Crippen LogP contribution in [0, 0.1) is 34.5 Å². The number of rotatable bonds is 5. The maximum Gasteiger partial charge on any atom is 0.303 e. The van der Waals surface area contributed by atoms with Crippen LogP contribution in [0.15, 0.2) is 47.1 Å². The van der Waals surface area contributed by atoms with Crippen molar-refractivity contribution in [1.82, 2.24) is 0 Å². The van der Waals surface area contributed by atoms with Gasteiger partial charge >= 0.3 is 5.97 Å². The monoisotopic (exact) mass is 589 g/mol. The summed E-state index contributed by atoms with van der Waals surface area (Å²) < 4.78 is 26.7. The van der Waals surface area contributed by atoms with E-state index in [0.29, 0.717) is 50.9 Å². The predicted molar refractivity (Wildman–Crippen MR) is 159 cm³/mol. The normalized spacial score (nSPS) is 33.4.